The molecule has 0 aliphatic heterocycles. The first-order chi connectivity index (χ1) is 9.20. The predicted octanol–water partition coefficient (Wildman–Crippen LogP) is 3.85. The standard InChI is InChI=1S/C15H14BrNO2/c1-19-15(18)14-8-7-12(16)9-11(14)10-17-13-5-3-2-4-6-13/h2-9,17H,10H2,1H3. The molecule has 0 atom stereocenters. The van der Waals surface area contributed by atoms with Gasteiger partial charge in [-0.25, -0.2) is 4.79 Å². The molecule has 0 aliphatic rings. The molecule has 0 unspecified atom stereocenters. The van der Waals surface area contributed by atoms with Crippen LogP contribution < -0.4 is 5.32 Å². The Labute approximate surface area is 120 Å². The van der Waals surface area contributed by atoms with E-state index in [4.69, 9.17) is 4.74 Å². The largest absolute Gasteiger partial charge is 0.465 e. The molecule has 0 fully saturated rings. The molecule has 0 aliphatic carbocycles. The van der Waals surface area contributed by atoms with Crippen LogP contribution in [-0.4, -0.2) is 13.1 Å². The van der Waals surface area contributed by atoms with E-state index in [9.17, 15) is 4.79 Å². The highest BCUT2D eigenvalue weighted by molar-refractivity contribution is 9.10. The van der Waals surface area contributed by atoms with Crippen molar-refractivity contribution in [2.75, 3.05) is 12.4 Å². The van der Waals surface area contributed by atoms with Gasteiger partial charge >= 0.3 is 5.97 Å². The number of nitrogens with one attached hydrogen (secondary N) is 1. The van der Waals surface area contributed by atoms with Gasteiger partial charge in [-0.05, 0) is 35.9 Å². The highest BCUT2D eigenvalue weighted by atomic mass is 79.9. The smallest absolute Gasteiger partial charge is 0.338 e. The molecule has 4 heteroatoms. The van der Waals surface area contributed by atoms with Gasteiger partial charge in [-0.2, -0.15) is 0 Å². The summed E-state index contributed by atoms with van der Waals surface area (Å²) in [7, 11) is 1.39. The van der Waals surface area contributed by atoms with Crippen LogP contribution in [0, 0.1) is 0 Å². The minimum Gasteiger partial charge on any atom is -0.465 e. The van der Waals surface area contributed by atoms with E-state index in [1.54, 1.807) is 6.07 Å². The van der Waals surface area contributed by atoms with E-state index in [1.165, 1.54) is 7.11 Å². The molecular formula is C15H14BrNO2. The number of halogens is 1. The van der Waals surface area contributed by atoms with Crippen LogP contribution in [0.4, 0.5) is 5.69 Å². The summed E-state index contributed by atoms with van der Waals surface area (Å²) in [6.07, 6.45) is 0. The van der Waals surface area contributed by atoms with E-state index in [-0.39, 0.29) is 5.97 Å². The Morgan fingerprint density at radius 3 is 2.63 bits per heavy atom. The van der Waals surface area contributed by atoms with Crippen LogP contribution in [0.25, 0.3) is 0 Å². The van der Waals surface area contributed by atoms with Gasteiger partial charge in [-0.3, -0.25) is 0 Å². The lowest BCUT2D eigenvalue weighted by atomic mass is 10.1. The molecule has 19 heavy (non-hydrogen) atoms. The molecule has 0 radical (unpaired) electrons. The molecule has 2 aromatic rings. The number of esters is 1. The number of methoxy groups -OCH3 is 1. The minimum atomic E-state index is -0.322. The van der Waals surface area contributed by atoms with Gasteiger partial charge in [0, 0.05) is 16.7 Å². The minimum absolute atomic E-state index is 0.322. The van der Waals surface area contributed by atoms with E-state index in [2.05, 4.69) is 21.2 Å². The number of ether oxygens (including phenoxy) is 1. The quantitative estimate of drug-likeness (QED) is 0.870. The van der Waals surface area contributed by atoms with Gasteiger partial charge in [0.05, 0.1) is 12.7 Å². The summed E-state index contributed by atoms with van der Waals surface area (Å²) >= 11 is 3.41. The maximum absolute atomic E-state index is 11.7. The number of para-hydroxylation sites is 1. The molecular weight excluding hydrogens is 306 g/mol. The van der Waals surface area contributed by atoms with Crippen molar-refractivity contribution in [3.8, 4) is 0 Å². The number of rotatable bonds is 4. The summed E-state index contributed by atoms with van der Waals surface area (Å²) < 4.78 is 5.72. The van der Waals surface area contributed by atoms with Crippen molar-refractivity contribution in [2.24, 2.45) is 0 Å². The highest BCUT2D eigenvalue weighted by Crippen LogP contribution is 2.19. The summed E-state index contributed by atoms with van der Waals surface area (Å²) in [6.45, 7) is 0.563. The van der Waals surface area contributed by atoms with Gasteiger partial charge in [0.1, 0.15) is 0 Å². The molecule has 98 valence electrons. The van der Waals surface area contributed by atoms with Crippen molar-refractivity contribution in [1.29, 1.82) is 0 Å². The maximum Gasteiger partial charge on any atom is 0.338 e. The second-order valence-electron chi connectivity index (χ2n) is 4.01. The molecule has 1 N–H and O–H groups in total. The third kappa shape index (κ3) is 3.58. The van der Waals surface area contributed by atoms with Gasteiger partial charge in [0.15, 0.2) is 0 Å². The fourth-order valence-corrected chi connectivity index (χ4v) is 2.18. The summed E-state index contributed by atoms with van der Waals surface area (Å²) in [5, 5.41) is 3.28. The Morgan fingerprint density at radius 1 is 1.21 bits per heavy atom. The Balaban J connectivity index is 2.19. The second kappa shape index (κ2) is 6.38. The topological polar surface area (TPSA) is 38.3 Å². The van der Waals surface area contributed by atoms with E-state index in [0.717, 1.165) is 15.7 Å². The monoisotopic (exact) mass is 319 g/mol. The van der Waals surface area contributed by atoms with Gasteiger partial charge in [0.25, 0.3) is 0 Å². The average Bonchev–Trinajstić information content (AvgIpc) is 2.45. The van der Waals surface area contributed by atoms with E-state index in [1.807, 2.05) is 42.5 Å². The van der Waals surface area contributed by atoms with Gasteiger partial charge < -0.3 is 10.1 Å². The average molecular weight is 320 g/mol. The van der Waals surface area contributed by atoms with Crippen molar-refractivity contribution in [3.63, 3.8) is 0 Å². The lowest BCUT2D eigenvalue weighted by Crippen LogP contribution is -2.09. The summed E-state index contributed by atoms with van der Waals surface area (Å²) in [5.74, 6) is -0.322. The number of anilines is 1. The summed E-state index contributed by atoms with van der Waals surface area (Å²) in [4.78, 5) is 11.7. The molecule has 0 amide bonds. The summed E-state index contributed by atoms with van der Waals surface area (Å²) in [6, 6.07) is 15.4. The number of carbonyl (C=O) groups is 1. The molecule has 3 nitrogen and oxygen atoms in total. The number of hydrogen-bond donors (Lipinski definition) is 1. The first-order valence-corrected chi connectivity index (χ1v) is 6.65. The fraction of sp³-hybridized carbons (Fsp3) is 0.133. The lowest BCUT2D eigenvalue weighted by Gasteiger charge is -2.10. The van der Waals surface area contributed by atoms with Crippen molar-refractivity contribution >= 4 is 27.6 Å². The molecule has 2 rings (SSSR count). The van der Waals surface area contributed by atoms with Gasteiger partial charge in [-0.15, -0.1) is 0 Å². The van der Waals surface area contributed by atoms with Gasteiger partial charge in [0.2, 0.25) is 0 Å². The zero-order chi connectivity index (χ0) is 13.7. The predicted molar refractivity (Wildman–Crippen MR) is 79.3 cm³/mol. The lowest BCUT2D eigenvalue weighted by molar-refractivity contribution is 0.0599. The second-order valence-corrected chi connectivity index (χ2v) is 4.93. The van der Waals surface area contributed by atoms with E-state index in [0.29, 0.717) is 12.1 Å². The molecule has 2 aromatic carbocycles. The van der Waals surface area contributed by atoms with Crippen LogP contribution in [0.15, 0.2) is 53.0 Å². The van der Waals surface area contributed by atoms with Crippen molar-refractivity contribution in [1.82, 2.24) is 0 Å². The maximum atomic E-state index is 11.7. The van der Waals surface area contributed by atoms with Crippen LogP contribution in [0.3, 0.4) is 0 Å². The first kappa shape index (κ1) is 13.6. The third-order valence-electron chi connectivity index (χ3n) is 2.73. The fourth-order valence-electron chi connectivity index (χ4n) is 1.77. The first-order valence-electron chi connectivity index (χ1n) is 5.86. The Morgan fingerprint density at radius 2 is 1.95 bits per heavy atom. The van der Waals surface area contributed by atoms with E-state index < -0.39 is 0 Å². The Hall–Kier alpha value is -1.81. The zero-order valence-corrected chi connectivity index (χ0v) is 12.1. The van der Waals surface area contributed by atoms with E-state index >= 15 is 0 Å². The van der Waals surface area contributed by atoms with Gasteiger partial charge in [-0.1, -0.05) is 34.1 Å². The van der Waals surface area contributed by atoms with Crippen molar-refractivity contribution in [3.05, 3.63) is 64.1 Å². The number of carbonyl (C=O) groups excluding carboxylic acids is 1. The molecule has 0 saturated heterocycles. The Bertz CT molecular complexity index is 570. The number of benzene rings is 2. The van der Waals surface area contributed by atoms with Crippen LogP contribution >= 0.6 is 15.9 Å². The van der Waals surface area contributed by atoms with Crippen molar-refractivity contribution < 1.29 is 9.53 Å². The molecule has 0 bridgehead atoms. The molecule has 0 spiro atoms. The SMILES string of the molecule is COC(=O)c1ccc(Br)cc1CNc1ccccc1. The van der Waals surface area contributed by atoms with Crippen LogP contribution in [0.2, 0.25) is 0 Å². The number of hydrogen-bond acceptors (Lipinski definition) is 3. The molecule has 0 aromatic heterocycles. The van der Waals surface area contributed by atoms with Crippen LogP contribution in [-0.2, 0) is 11.3 Å². The van der Waals surface area contributed by atoms with Crippen LogP contribution in [0.1, 0.15) is 15.9 Å². The third-order valence-corrected chi connectivity index (χ3v) is 3.22. The zero-order valence-electron chi connectivity index (χ0n) is 10.5. The highest BCUT2D eigenvalue weighted by Gasteiger charge is 2.11. The van der Waals surface area contributed by atoms with Crippen molar-refractivity contribution in [2.45, 2.75) is 6.54 Å². The molecule has 0 saturated carbocycles. The van der Waals surface area contributed by atoms with Crippen LogP contribution in [0.5, 0.6) is 0 Å². The Kier molecular flexibility index (Phi) is 4.58. The molecule has 0 heterocycles. The summed E-state index contributed by atoms with van der Waals surface area (Å²) in [5.41, 5.74) is 2.48. The normalized spacial score (nSPS) is 10.0.